The molecule has 4 nitrogen and oxygen atoms in total. The highest BCUT2D eigenvalue weighted by Gasteiger charge is 2.46. The Bertz CT molecular complexity index is 482. The van der Waals surface area contributed by atoms with Crippen LogP contribution in [0.25, 0.3) is 0 Å². The van der Waals surface area contributed by atoms with Crippen LogP contribution in [0.4, 0.5) is 0 Å². The molecule has 7 heteroatoms. The van der Waals surface area contributed by atoms with Gasteiger partial charge in [-0.05, 0) is 12.1 Å². The fraction of sp³-hybridized carbons (Fsp3) is 0.364. The van der Waals surface area contributed by atoms with E-state index in [2.05, 4.69) is 15.9 Å². The van der Waals surface area contributed by atoms with E-state index < -0.39 is 17.9 Å². The Morgan fingerprint density at radius 2 is 2.28 bits per heavy atom. The summed E-state index contributed by atoms with van der Waals surface area (Å²) in [4.78, 5) is 10.9. The Hall–Kier alpha value is -0.330. The fourth-order valence-electron chi connectivity index (χ4n) is 1.71. The number of hydrogen-bond acceptors (Lipinski definition) is 3. The van der Waals surface area contributed by atoms with E-state index in [1.807, 2.05) is 0 Å². The molecule has 2 atom stereocenters. The molecule has 0 saturated carbocycles. The van der Waals surface area contributed by atoms with E-state index in [4.69, 9.17) is 37.8 Å². The van der Waals surface area contributed by atoms with Crippen molar-refractivity contribution >= 4 is 45.1 Å². The Morgan fingerprint density at radius 3 is 2.78 bits per heavy atom. The highest BCUT2D eigenvalue weighted by atomic mass is 79.9. The monoisotopic (exact) mass is 354 g/mol. The molecule has 1 fully saturated rings. The molecule has 1 saturated heterocycles. The first kappa shape index (κ1) is 14.1. The average molecular weight is 356 g/mol. The second kappa shape index (κ2) is 5.35. The van der Waals surface area contributed by atoms with Crippen LogP contribution in [0, 0.1) is 0 Å². The smallest absolute Gasteiger partial charge is 0.335 e. The third-order valence-electron chi connectivity index (χ3n) is 2.59. The van der Waals surface area contributed by atoms with E-state index in [1.54, 1.807) is 18.2 Å². The van der Waals surface area contributed by atoms with Crippen LogP contribution >= 0.6 is 39.1 Å². The molecule has 1 aliphatic heterocycles. The van der Waals surface area contributed by atoms with Gasteiger partial charge in [0.15, 0.2) is 6.10 Å². The number of hydrogen-bond donors (Lipinski definition) is 1. The van der Waals surface area contributed by atoms with Crippen molar-refractivity contribution in [2.24, 2.45) is 0 Å². The van der Waals surface area contributed by atoms with Gasteiger partial charge in [-0.3, -0.25) is 0 Å². The first-order valence-electron chi connectivity index (χ1n) is 5.04. The molecule has 0 amide bonds. The van der Waals surface area contributed by atoms with Gasteiger partial charge in [0.1, 0.15) is 0 Å². The van der Waals surface area contributed by atoms with Crippen molar-refractivity contribution in [2.75, 3.05) is 11.9 Å². The number of aliphatic carboxylic acids is 1. The quantitative estimate of drug-likeness (QED) is 0.846. The summed E-state index contributed by atoms with van der Waals surface area (Å²) in [6.07, 6.45) is -1.01. The molecule has 1 aliphatic rings. The van der Waals surface area contributed by atoms with Gasteiger partial charge in [-0.2, -0.15) is 0 Å². The summed E-state index contributed by atoms with van der Waals surface area (Å²) in [5.74, 6) is -2.26. The zero-order chi connectivity index (χ0) is 13.3. The number of halogens is 3. The predicted octanol–water partition coefficient (Wildman–Crippen LogP) is 3.04. The zero-order valence-corrected chi connectivity index (χ0v) is 12.1. The third-order valence-corrected chi connectivity index (χ3v) is 3.88. The minimum absolute atomic E-state index is 0.0279. The van der Waals surface area contributed by atoms with Gasteiger partial charge in [-0.1, -0.05) is 45.2 Å². The van der Waals surface area contributed by atoms with E-state index in [9.17, 15) is 4.79 Å². The molecule has 98 valence electrons. The molecule has 0 aliphatic carbocycles. The maximum absolute atomic E-state index is 10.9. The number of carboxylic acids is 1. The summed E-state index contributed by atoms with van der Waals surface area (Å²) < 4.78 is 11.0. The van der Waals surface area contributed by atoms with Gasteiger partial charge in [0.25, 0.3) is 0 Å². The van der Waals surface area contributed by atoms with Gasteiger partial charge in [0, 0.05) is 10.6 Å². The number of carboxylic acid groups (broad SMARTS) is 1. The van der Waals surface area contributed by atoms with Crippen LogP contribution in [0.5, 0.6) is 0 Å². The minimum Gasteiger partial charge on any atom is -0.479 e. The number of alkyl halides is 1. The topological polar surface area (TPSA) is 55.8 Å². The standard InChI is InChI=1S/C11H9BrCl2O4/c12-5-11(17-4-9(18-11)10(15)16)7-2-1-6(13)3-8(7)14/h1-3,9H,4-5H2,(H,15,16)/t9-,11+/m1/s1. The van der Waals surface area contributed by atoms with Crippen LogP contribution in [0.2, 0.25) is 10.0 Å². The van der Waals surface area contributed by atoms with Crippen LogP contribution in [0.15, 0.2) is 18.2 Å². The molecular formula is C11H9BrCl2O4. The van der Waals surface area contributed by atoms with Crippen molar-refractivity contribution in [1.29, 1.82) is 0 Å². The van der Waals surface area contributed by atoms with Gasteiger partial charge >= 0.3 is 5.97 Å². The second-order valence-corrected chi connectivity index (χ2v) is 5.17. The highest BCUT2D eigenvalue weighted by Crippen LogP contribution is 2.40. The van der Waals surface area contributed by atoms with E-state index in [0.29, 0.717) is 15.6 Å². The lowest BCUT2D eigenvalue weighted by Crippen LogP contribution is -2.32. The van der Waals surface area contributed by atoms with E-state index in [0.717, 1.165) is 0 Å². The van der Waals surface area contributed by atoms with Crippen LogP contribution < -0.4 is 0 Å². The molecule has 1 aromatic carbocycles. The maximum atomic E-state index is 10.9. The Labute approximate surface area is 122 Å². The Balaban J connectivity index is 2.37. The first-order chi connectivity index (χ1) is 8.48. The van der Waals surface area contributed by atoms with Crippen molar-refractivity contribution in [3.63, 3.8) is 0 Å². The minimum atomic E-state index is -1.19. The van der Waals surface area contributed by atoms with Crippen LogP contribution in [-0.4, -0.2) is 29.1 Å². The molecule has 0 unspecified atom stereocenters. The molecule has 1 aromatic rings. The van der Waals surface area contributed by atoms with Gasteiger partial charge in [0.2, 0.25) is 5.79 Å². The van der Waals surface area contributed by atoms with Gasteiger partial charge in [0.05, 0.1) is 17.0 Å². The molecule has 1 heterocycles. The number of carbonyl (C=O) groups is 1. The maximum Gasteiger partial charge on any atom is 0.335 e. The first-order valence-corrected chi connectivity index (χ1v) is 6.92. The summed E-state index contributed by atoms with van der Waals surface area (Å²) in [7, 11) is 0. The largest absolute Gasteiger partial charge is 0.479 e. The van der Waals surface area contributed by atoms with Crippen LogP contribution in [-0.2, 0) is 20.1 Å². The average Bonchev–Trinajstić information content (AvgIpc) is 2.74. The molecular weight excluding hydrogens is 347 g/mol. The molecule has 1 N–H and O–H groups in total. The SMILES string of the molecule is O=C(O)[C@H]1CO[C@](CBr)(c2ccc(Cl)cc2Cl)O1. The third kappa shape index (κ3) is 2.51. The van der Waals surface area contributed by atoms with Crippen molar-refractivity contribution in [3.05, 3.63) is 33.8 Å². The van der Waals surface area contributed by atoms with E-state index in [1.165, 1.54) is 0 Å². The van der Waals surface area contributed by atoms with Crippen molar-refractivity contribution < 1.29 is 19.4 Å². The molecule has 18 heavy (non-hydrogen) atoms. The summed E-state index contributed by atoms with van der Waals surface area (Å²) in [5, 5.41) is 10.1. The van der Waals surface area contributed by atoms with E-state index in [-0.39, 0.29) is 11.9 Å². The molecule has 0 spiro atoms. The summed E-state index contributed by atoms with van der Waals surface area (Å²) in [6.45, 7) is -0.0279. The summed E-state index contributed by atoms with van der Waals surface area (Å²) in [6, 6.07) is 4.87. The van der Waals surface area contributed by atoms with Crippen LogP contribution in [0.3, 0.4) is 0 Å². The Kier molecular flexibility index (Phi) is 4.18. The van der Waals surface area contributed by atoms with Crippen molar-refractivity contribution in [1.82, 2.24) is 0 Å². The second-order valence-electron chi connectivity index (χ2n) is 3.77. The molecule has 0 aromatic heterocycles. The summed E-state index contributed by atoms with van der Waals surface area (Å²) in [5.41, 5.74) is 0.550. The van der Waals surface area contributed by atoms with Crippen molar-refractivity contribution in [3.8, 4) is 0 Å². The molecule has 0 bridgehead atoms. The van der Waals surface area contributed by atoms with E-state index >= 15 is 0 Å². The Morgan fingerprint density at radius 1 is 1.56 bits per heavy atom. The normalized spacial score (nSPS) is 27.4. The lowest BCUT2D eigenvalue weighted by atomic mass is 10.1. The lowest BCUT2D eigenvalue weighted by Gasteiger charge is -2.26. The van der Waals surface area contributed by atoms with Crippen molar-refractivity contribution in [2.45, 2.75) is 11.9 Å². The fourth-order valence-corrected chi connectivity index (χ4v) is 2.86. The number of ether oxygens (including phenoxy) is 2. The predicted molar refractivity (Wildman–Crippen MR) is 70.4 cm³/mol. The number of rotatable bonds is 3. The molecule has 0 radical (unpaired) electrons. The van der Waals surface area contributed by atoms with Gasteiger partial charge in [-0.25, -0.2) is 4.79 Å². The zero-order valence-electron chi connectivity index (χ0n) is 9.03. The highest BCUT2D eigenvalue weighted by molar-refractivity contribution is 9.09. The van der Waals surface area contributed by atoms with Gasteiger partial charge in [-0.15, -0.1) is 0 Å². The van der Waals surface area contributed by atoms with Crippen LogP contribution in [0.1, 0.15) is 5.56 Å². The van der Waals surface area contributed by atoms with Gasteiger partial charge < -0.3 is 14.6 Å². The summed E-state index contributed by atoms with van der Waals surface area (Å²) >= 11 is 15.2. The lowest BCUT2D eigenvalue weighted by molar-refractivity contribution is -0.173. The number of benzene rings is 1. The molecule has 2 rings (SSSR count).